The third-order valence-electron chi connectivity index (χ3n) is 3.21. The van der Waals surface area contributed by atoms with Gasteiger partial charge in [0.15, 0.2) is 5.54 Å². The summed E-state index contributed by atoms with van der Waals surface area (Å²) in [5.41, 5.74) is -0.428. The molecule has 0 amide bonds. The Morgan fingerprint density at radius 1 is 1.33 bits per heavy atom. The lowest BCUT2D eigenvalue weighted by Crippen LogP contribution is -2.49. The molecule has 2 rings (SSSR count). The number of benzene rings is 1. The Kier molecular flexibility index (Phi) is 5.39. The lowest BCUT2D eigenvalue weighted by Gasteiger charge is -2.29. The number of thioether (sulfide) groups is 1. The van der Waals surface area contributed by atoms with Crippen molar-refractivity contribution in [1.82, 2.24) is 10.3 Å². The minimum absolute atomic E-state index is 0.332. The lowest BCUT2D eigenvalue weighted by atomic mass is 9.92. The van der Waals surface area contributed by atoms with Gasteiger partial charge in [-0.15, -0.1) is 11.8 Å². The highest BCUT2D eigenvalue weighted by Gasteiger charge is 2.39. The van der Waals surface area contributed by atoms with Crippen LogP contribution in [-0.4, -0.2) is 28.9 Å². The van der Waals surface area contributed by atoms with Gasteiger partial charge in [0, 0.05) is 16.4 Å². The molecule has 0 aliphatic rings. The zero-order chi connectivity index (χ0) is 15.3. The third kappa shape index (κ3) is 3.45. The summed E-state index contributed by atoms with van der Waals surface area (Å²) in [5.74, 6) is -0.575. The topological polar surface area (TPSA) is 62.2 Å². The Hall–Kier alpha value is -1.37. The quantitative estimate of drug-likeness (QED) is 0.769. The molecule has 0 fully saturated rings. The number of hydrogen-bond donors (Lipinski definition) is 2. The number of pyridine rings is 1. The second-order valence-corrected chi connectivity index (χ2v) is 6.22. The first kappa shape index (κ1) is 16.0. The van der Waals surface area contributed by atoms with Crippen LogP contribution in [0.3, 0.4) is 0 Å². The summed E-state index contributed by atoms with van der Waals surface area (Å²) in [6, 6.07) is 12.9. The van der Waals surface area contributed by atoms with Crippen LogP contribution >= 0.6 is 27.7 Å². The number of aliphatic carboxylic acids is 1. The Labute approximate surface area is 136 Å². The van der Waals surface area contributed by atoms with Crippen molar-refractivity contribution in [3.8, 4) is 0 Å². The van der Waals surface area contributed by atoms with Gasteiger partial charge in [0.2, 0.25) is 0 Å². The second-order valence-electron chi connectivity index (χ2n) is 4.41. The van der Waals surface area contributed by atoms with Crippen molar-refractivity contribution in [2.75, 3.05) is 12.8 Å². The van der Waals surface area contributed by atoms with Crippen LogP contribution in [0.15, 0.2) is 58.2 Å². The first-order valence-electron chi connectivity index (χ1n) is 6.31. The molecule has 1 heterocycles. The SMILES string of the molecule is CNC(CSc1ncccc1Br)(C(=O)O)c1ccccc1. The number of likely N-dealkylation sites (N-methyl/N-ethyl adjacent to an activating group) is 1. The zero-order valence-electron chi connectivity index (χ0n) is 11.4. The second kappa shape index (κ2) is 7.06. The summed E-state index contributed by atoms with van der Waals surface area (Å²) in [6.45, 7) is 0. The van der Waals surface area contributed by atoms with Crippen molar-refractivity contribution < 1.29 is 9.90 Å². The predicted octanol–water partition coefficient (Wildman–Crippen LogP) is 3.14. The Bertz CT molecular complexity index is 624. The fraction of sp³-hybridized carbons (Fsp3) is 0.200. The minimum Gasteiger partial charge on any atom is -0.480 e. The van der Waals surface area contributed by atoms with Gasteiger partial charge < -0.3 is 10.4 Å². The minimum atomic E-state index is -1.15. The fourth-order valence-corrected chi connectivity index (χ4v) is 3.70. The van der Waals surface area contributed by atoms with Crippen LogP contribution in [0, 0.1) is 0 Å². The number of carboxylic acid groups (broad SMARTS) is 1. The predicted molar refractivity (Wildman–Crippen MR) is 87.5 cm³/mol. The van der Waals surface area contributed by atoms with Crippen LogP contribution in [-0.2, 0) is 10.3 Å². The molecule has 6 heteroatoms. The highest BCUT2D eigenvalue weighted by atomic mass is 79.9. The first-order chi connectivity index (χ1) is 10.1. The van der Waals surface area contributed by atoms with Crippen molar-refractivity contribution >= 4 is 33.7 Å². The first-order valence-corrected chi connectivity index (χ1v) is 8.09. The van der Waals surface area contributed by atoms with Gasteiger partial charge in [-0.25, -0.2) is 9.78 Å². The maximum Gasteiger partial charge on any atom is 0.329 e. The smallest absolute Gasteiger partial charge is 0.329 e. The number of carbonyl (C=O) groups is 1. The molecule has 0 aliphatic carbocycles. The molecule has 110 valence electrons. The Morgan fingerprint density at radius 3 is 2.62 bits per heavy atom. The van der Waals surface area contributed by atoms with Crippen molar-refractivity contribution in [2.45, 2.75) is 10.6 Å². The van der Waals surface area contributed by atoms with Crippen LogP contribution < -0.4 is 5.32 Å². The van der Waals surface area contributed by atoms with E-state index in [0.29, 0.717) is 5.75 Å². The number of nitrogens with one attached hydrogen (secondary N) is 1. The molecule has 0 bridgehead atoms. The van der Waals surface area contributed by atoms with Crippen LogP contribution in [0.5, 0.6) is 0 Å². The fourth-order valence-electron chi connectivity index (χ4n) is 1.97. The molecule has 1 unspecified atom stereocenters. The van der Waals surface area contributed by atoms with Crippen LogP contribution in [0.4, 0.5) is 0 Å². The summed E-state index contributed by atoms with van der Waals surface area (Å²) < 4.78 is 0.860. The van der Waals surface area contributed by atoms with Gasteiger partial charge in [0.1, 0.15) is 5.03 Å². The molecule has 0 spiro atoms. The summed E-state index contributed by atoms with van der Waals surface area (Å²) in [5, 5.41) is 13.4. The van der Waals surface area contributed by atoms with E-state index in [0.717, 1.165) is 15.1 Å². The van der Waals surface area contributed by atoms with E-state index in [1.807, 2.05) is 42.5 Å². The van der Waals surface area contributed by atoms with Crippen molar-refractivity contribution in [3.05, 3.63) is 58.7 Å². The average molecular weight is 367 g/mol. The van der Waals surface area contributed by atoms with Crippen LogP contribution in [0.25, 0.3) is 0 Å². The lowest BCUT2D eigenvalue weighted by molar-refractivity contribution is -0.144. The molecular formula is C15H15BrN2O2S. The van der Waals surface area contributed by atoms with E-state index in [-0.39, 0.29) is 0 Å². The van der Waals surface area contributed by atoms with Gasteiger partial charge in [-0.3, -0.25) is 0 Å². The van der Waals surface area contributed by atoms with Crippen molar-refractivity contribution in [1.29, 1.82) is 0 Å². The van der Waals surface area contributed by atoms with Gasteiger partial charge in [-0.2, -0.15) is 0 Å². The zero-order valence-corrected chi connectivity index (χ0v) is 13.8. The maximum atomic E-state index is 11.9. The molecule has 1 aromatic heterocycles. The molecule has 1 aromatic carbocycles. The molecule has 0 saturated heterocycles. The van der Waals surface area contributed by atoms with E-state index in [1.165, 1.54) is 11.8 Å². The van der Waals surface area contributed by atoms with E-state index < -0.39 is 11.5 Å². The average Bonchev–Trinajstić information content (AvgIpc) is 2.51. The summed E-state index contributed by atoms with van der Waals surface area (Å²) in [6.07, 6.45) is 1.69. The number of nitrogens with zero attached hydrogens (tertiary/aromatic N) is 1. The molecule has 4 nitrogen and oxygen atoms in total. The number of carboxylic acids is 1. The number of rotatable bonds is 6. The monoisotopic (exact) mass is 366 g/mol. The van der Waals surface area contributed by atoms with E-state index in [2.05, 4.69) is 26.2 Å². The van der Waals surface area contributed by atoms with Gasteiger partial charge in [-0.1, -0.05) is 30.3 Å². The summed E-state index contributed by atoms with van der Waals surface area (Å²) in [7, 11) is 1.66. The normalized spacial score (nSPS) is 13.6. The highest BCUT2D eigenvalue weighted by molar-refractivity contribution is 9.10. The molecule has 21 heavy (non-hydrogen) atoms. The van der Waals surface area contributed by atoms with E-state index in [9.17, 15) is 9.90 Å². The van der Waals surface area contributed by atoms with Gasteiger partial charge in [0.05, 0.1) is 0 Å². The van der Waals surface area contributed by atoms with Crippen molar-refractivity contribution in [2.24, 2.45) is 0 Å². The van der Waals surface area contributed by atoms with E-state index in [1.54, 1.807) is 13.2 Å². The van der Waals surface area contributed by atoms with Gasteiger partial charge in [0.25, 0.3) is 0 Å². The molecule has 1 atom stereocenters. The molecular weight excluding hydrogens is 352 g/mol. The van der Waals surface area contributed by atoms with Crippen molar-refractivity contribution in [3.63, 3.8) is 0 Å². The summed E-state index contributed by atoms with van der Waals surface area (Å²) >= 11 is 4.83. The number of aromatic nitrogens is 1. The third-order valence-corrected chi connectivity index (χ3v) is 5.29. The molecule has 0 aliphatic heterocycles. The number of halogens is 1. The Morgan fingerprint density at radius 2 is 2.05 bits per heavy atom. The highest BCUT2D eigenvalue weighted by Crippen LogP contribution is 2.32. The summed E-state index contributed by atoms with van der Waals surface area (Å²) in [4.78, 5) is 16.1. The van der Waals surface area contributed by atoms with Gasteiger partial charge in [-0.05, 0) is 40.7 Å². The van der Waals surface area contributed by atoms with E-state index in [4.69, 9.17) is 0 Å². The number of hydrogen-bond acceptors (Lipinski definition) is 4. The maximum absolute atomic E-state index is 11.9. The molecule has 2 N–H and O–H groups in total. The molecule has 0 saturated carbocycles. The standard InChI is InChI=1S/C15H15BrN2O2S/c1-17-15(14(19)20,11-6-3-2-4-7-11)10-21-13-12(16)8-5-9-18-13/h2-9,17H,10H2,1H3,(H,19,20). The van der Waals surface area contributed by atoms with Gasteiger partial charge >= 0.3 is 5.97 Å². The van der Waals surface area contributed by atoms with Crippen LogP contribution in [0.2, 0.25) is 0 Å². The van der Waals surface area contributed by atoms with E-state index >= 15 is 0 Å². The molecule has 2 aromatic rings. The molecule has 0 radical (unpaired) electrons. The largest absolute Gasteiger partial charge is 0.480 e. The van der Waals surface area contributed by atoms with Crippen LogP contribution in [0.1, 0.15) is 5.56 Å². The Balaban J connectivity index is 2.30.